The van der Waals surface area contributed by atoms with Gasteiger partial charge in [0.25, 0.3) is 0 Å². The lowest BCUT2D eigenvalue weighted by molar-refractivity contribution is -0.133. The molecule has 0 aromatic heterocycles. The van der Waals surface area contributed by atoms with Gasteiger partial charge < -0.3 is 5.11 Å². The standard InChI is InChI=1S/C5H10O2S/c1-3-8(2)4-5(6)7/h3-4H2,1-2H3/p+1. The third-order valence-corrected chi connectivity index (χ3v) is 2.59. The van der Waals surface area contributed by atoms with Crippen molar-refractivity contribution in [3.63, 3.8) is 0 Å². The molecular formula is C5H11O2S+. The van der Waals surface area contributed by atoms with Crippen LogP contribution in [0.4, 0.5) is 0 Å². The minimum Gasteiger partial charge on any atom is -0.478 e. The van der Waals surface area contributed by atoms with Crippen molar-refractivity contribution in [2.45, 2.75) is 6.92 Å². The molecule has 0 aliphatic rings. The van der Waals surface area contributed by atoms with Crippen molar-refractivity contribution in [3.8, 4) is 0 Å². The quantitative estimate of drug-likeness (QED) is 0.566. The zero-order valence-electron chi connectivity index (χ0n) is 5.18. The Morgan fingerprint density at radius 2 is 2.25 bits per heavy atom. The fourth-order valence-corrected chi connectivity index (χ4v) is 0.939. The van der Waals surface area contributed by atoms with Gasteiger partial charge in [-0.2, -0.15) is 0 Å². The first-order valence-electron chi connectivity index (χ1n) is 2.47. The van der Waals surface area contributed by atoms with E-state index in [0.29, 0.717) is 5.75 Å². The summed E-state index contributed by atoms with van der Waals surface area (Å²) in [7, 11) is 0.0934. The van der Waals surface area contributed by atoms with E-state index in [1.54, 1.807) is 0 Å². The fraction of sp³-hybridized carbons (Fsp3) is 0.800. The van der Waals surface area contributed by atoms with Crippen molar-refractivity contribution in [2.75, 3.05) is 17.8 Å². The molecule has 0 aromatic carbocycles. The van der Waals surface area contributed by atoms with E-state index in [1.807, 2.05) is 13.2 Å². The summed E-state index contributed by atoms with van der Waals surface area (Å²) in [6.07, 6.45) is 1.97. The Hall–Kier alpha value is -0.180. The normalized spacial score (nSPS) is 13.2. The maximum absolute atomic E-state index is 9.98. The monoisotopic (exact) mass is 135 g/mol. The molecule has 0 aliphatic heterocycles. The van der Waals surface area contributed by atoms with Crippen molar-refractivity contribution in [1.29, 1.82) is 0 Å². The van der Waals surface area contributed by atoms with Crippen LogP contribution in [0.1, 0.15) is 6.92 Å². The average molecular weight is 135 g/mol. The molecule has 48 valence electrons. The van der Waals surface area contributed by atoms with Crippen molar-refractivity contribution in [2.24, 2.45) is 0 Å². The number of carboxylic acids is 1. The summed E-state index contributed by atoms with van der Waals surface area (Å²) in [6.45, 7) is 2.01. The summed E-state index contributed by atoms with van der Waals surface area (Å²) in [5.41, 5.74) is 0. The van der Waals surface area contributed by atoms with Gasteiger partial charge in [-0.1, -0.05) is 0 Å². The van der Waals surface area contributed by atoms with Crippen molar-refractivity contribution in [1.82, 2.24) is 0 Å². The fourth-order valence-electron chi connectivity index (χ4n) is 0.313. The molecule has 0 heterocycles. The molecule has 3 heteroatoms. The molecule has 0 saturated heterocycles. The van der Waals surface area contributed by atoms with Gasteiger partial charge in [-0.25, -0.2) is 4.79 Å². The third-order valence-electron chi connectivity index (χ3n) is 0.863. The van der Waals surface area contributed by atoms with E-state index in [0.717, 1.165) is 5.75 Å². The van der Waals surface area contributed by atoms with Crippen LogP contribution >= 0.6 is 0 Å². The smallest absolute Gasteiger partial charge is 0.353 e. The van der Waals surface area contributed by atoms with E-state index in [9.17, 15) is 4.79 Å². The van der Waals surface area contributed by atoms with Crippen LogP contribution in [0.25, 0.3) is 0 Å². The average Bonchev–Trinajstić information content (AvgIpc) is 1.65. The van der Waals surface area contributed by atoms with E-state index in [2.05, 4.69) is 0 Å². The van der Waals surface area contributed by atoms with Crippen LogP contribution in [0, 0.1) is 0 Å². The topological polar surface area (TPSA) is 37.3 Å². The molecule has 1 N–H and O–H groups in total. The van der Waals surface area contributed by atoms with Crippen LogP contribution < -0.4 is 0 Å². The molecule has 0 bridgehead atoms. The van der Waals surface area contributed by atoms with Crippen molar-refractivity contribution >= 4 is 16.9 Å². The van der Waals surface area contributed by atoms with Crippen LogP contribution in [-0.2, 0) is 15.7 Å². The van der Waals surface area contributed by atoms with Crippen LogP contribution in [0.15, 0.2) is 0 Å². The second-order valence-corrected chi connectivity index (χ2v) is 4.04. The molecule has 0 rings (SSSR count). The van der Waals surface area contributed by atoms with Gasteiger partial charge in [0.1, 0.15) is 5.75 Å². The molecule has 8 heavy (non-hydrogen) atoms. The van der Waals surface area contributed by atoms with Crippen molar-refractivity contribution in [3.05, 3.63) is 0 Å². The maximum Gasteiger partial charge on any atom is 0.353 e. The van der Waals surface area contributed by atoms with E-state index in [4.69, 9.17) is 5.11 Å². The summed E-state index contributed by atoms with van der Waals surface area (Å²) in [5, 5.41) is 8.22. The largest absolute Gasteiger partial charge is 0.478 e. The summed E-state index contributed by atoms with van der Waals surface area (Å²) >= 11 is 0. The predicted molar refractivity (Wildman–Crippen MR) is 36.3 cm³/mol. The van der Waals surface area contributed by atoms with E-state index in [1.165, 1.54) is 0 Å². The molecular weight excluding hydrogens is 124 g/mol. The van der Waals surface area contributed by atoms with Crippen LogP contribution in [0.3, 0.4) is 0 Å². The second-order valence-electron chi connectivity index (χ2n) is 1.61. The van der Waals surface area contributed by atoms with E-state index >= 15 is 0 Å². The Morgan fingerprint density at radius 3 is 2.38 bits per heavy atom. The minimum absolute atomic E-state index is 0.0934. The van der Waals surface area contributed by atoms with Gasteiger partial charge in [0.15, 0.2) is 0 Å². The van der Waals surface area contributed by atoms with Gasteiger partial charge in [0.2, 0.25) is 5.75 Å². The summed E-state index contributed by atoms with van der Waals surface area (Å²) in [4.78, 5) is 9.98. The summed E-state index contributed by atoms with van der Waals surface area (Å²) in [5.74, 6) is 0.626. The molecule has 1 unspecified atom stereocenters. The molecule has 0 aliphatic carbocycles. The Morgan fingerprint density at radius 1 is 1.75 bits per heavy atom. The summed E-state index contributed by atoms with van der Waals surface area (Å²) < 4.78 is 0. The van der Waals surface area contributed by atoms with Crippen LogP contribution in [0.5, 0.6) is 0 Å². The Balaban J connectivity index is 3.24. The van der Waals surface area contributed by atoms with Crippen molar-refractivity contribution < 1.29 is 9.90 Å². The minimum atomic E-state index is -0.683. The number of carbonyl (C=O) groups is 1. The van der Waals surface area contributed by atoms with Gasteiger partial charge in [-0.15, -0.1) is 0 Å². The predicted octanol–water partition coefficient (Wildman–Crippen LogP) is 0.339. The van der Waals surface area contributed by atoms with Gasteiger partial charge in [0, 0.05) is 0 Å². The molecule has 2 nitrogen and oxygen atoms in total. The molecule has 1 atom stereocenters. The first-order chi connectivity index (χ1) is 3.66. The van der Waals surface area contributed by atoms with Gasteiger partial charge >= 0.3 is 5.97 Å². The van der Waals surface area contributed by atoms with E-state index in [-0.39, 0.29) is 10.9 Å². The lowest BCUT2D eigenvalue weighted by atomic mass is 10.8. The SMILES string of the molecule is CC[S+](C)CC(=O)O. The Kier molecular flexibility index (Phi) is 3.69. The Labute approximate surface area is 52.2 Å². The highest BCUT2D eigenvalue weighted by atomic mass is 32.2. The lowest BCUT2D eigenvalue weighted by Crippen LogP contribution is -2.15. The molecule has 0 spiro atoms. The number of aliphatic carboxylic acids is 1. The molecule has 0 fully saturated rings. The molecule has 0 amide bonds. The zero-order valence-corrected chi connectivity index (χ0v) is 5.99. The Bertz CT molecular complexity index is 82.5. The zero-order chi connectivity index (χ0) is 6.57. The maximum atomic E-state index is 9.98. The molecule has 0 radical (unpaired) electrons. The first kappa shape index (κ1) is 7.82. The van der Waals surface area contributed by atoms with Crippen LogP contribution in [0.2, 0.25) is 0 Å². The van der Waals surface area contributed by atoms with Gasteiger partial charge in [0.05, 0.1) is 6.26 Å². The third kappa shape index (κ3) is 3.99. The molecule has 0 aromatic rings. The molecule has 0 saturated carbocycles. The first-order valence-corrected chi connectivity index (χ1v) is 4.45. The number of rotatable bonds is 3. The highest BCUT2D eigenvalue weighted by Gasteiger charge is 2.11. The summed E-state index contributed by atoms with van der Waals surface area (Å²) in [6, 6.07) is 0. The van der Waals surface area contributed by atoms with E-state index < -0.39 is 5.97 Å². The second kappa shape index (κ2) is 3.78. The number of hydrogen-bond donors (Lipinski definition) is 1. The van der Waals surface area contributed by atoms with Gasteiger partial charge in [-0.05, 0) is 17.8 Å². The number of carboxylic acid groups (broad SMARTS) is 1. The lowest BCUT2D eigenvalue weighted by Gasteiger charge is -1.92. The van der Waals surface area contributed by atoms with Crippen LogP contribution in [-0.4, -0.2) is 28.8 Å². The highest BCUT2D eigenvalue weighted by molar-refractivity contribution is 7.96. The number of hydrogen-bond acceptors (Lipinski definition) is 1. The van der Waals surface area contributed by atoms with Gasteiger partial charge in [-0.3, -0.25) is 0 Å². The highest BCUT2D eigenvalue weighted by Crippen LogP contribution is 1.88.